The molecule has 0 atom stereocenters. The van der Waals surface area contributed by atoms with Crippen LogP contribution in [-0.4, -0.2) is 15.0 Å². The molecule has 1 aromatic heterocycles. The Kier molecular flexibility index (Phi) is 6.96. The molecular formula is C56H45N3. The van der Waals surface area contributed by atoms with Crippen LogP contribution >= 0.6 is 0 Å². The van der Waals surface area contributed by atoms with E-state index in [0.717, 1.165) is 34.4 Å². The first kappa shape index (κ1) is 33.7. The predicted octanol–water partition coefficient (Wildman–Crippen LogP) is 13.7. The van der Waals surface area contributed by atoms with Crippen molar-refractivity contribution in [3.63, 3.8) is 0 Å². The summed E-state index contributed by atoms with van der Waals surface area (Å²) in [4.78, 5) is 15.8. The summed E-state index contributed by atoms with van der Waals surface area (Å²) in [5.74, 6) is 5.26. The average Bonchev–Trinajstić information content (AvgIpc) is 3.69. The maximum atomic E-state index is 5.33. The third-order valence-corrected chi connectivity index (χ3v) is 15.5. The van der Waals surface area contributed by atoms with Crippen LogP contribution in [0.2, 0.25) is 0 Å². The molecule has 0 aliphatic heterocycles. The van der Waals surface area contributed by atoms with Crippen molar-refractivity contribution in [2.45, 2.75) is 56.8 Å². The zero-order valence-corrected chi connectivity index (χ0v) is 33.6. The van der Waals surface area contributed by atoms with Crippen LogP contribution in [0.25, 0.3) is 78.3 Å². The van der Waals surface area contributed by atoms with Crippen molar-refractivity contribution in [3.05, 3.63) is 174 Å². The summed E-state index contributed by atoms with van der Waals surface area (Å²) < 4.78 is 0. The standard InChI is InChI=1S/C56H45N3/c1-55(2)48-18-9-8-15-44(48)46-17-10-16-43(51(46)55)35-19-21-37(22-20-35)53-57-52(36-11-4-3-5-12-36)58-54(59-53)40-23-24-45-47-30-38-13-6-7-14-39(38)31-50(47)56(49(45)32-40)41-26-33-25-34(28-41)29-42(56)27-33/h3-24,30-34,41-42H,25-29H2,1-2H3. The lowest BCUT2D eigenvalue weighted by atomic mass is 9.43. The van der Waals surface area contributed by atoms with E-state index in [9.17, 15) is 0 Å². The van der Waals surface area contributed by atoms with Crippen molar-refractivity contribution in [2.24, 2.45) is 23.7 Å². The fourth-order valence-electron chi connectivity index (χ4n) is 13.3. The molecule has 4 fully saturated rings. The van der Waals surface area contributed by atoms with Crippen LogP contribution in [0.5, 0.6) is 0 Å². The molecule has 8 aromatic rings. The normalized spacial score (nSPS) is 23.6. The Bertz CT molecular complexity index is 3000. The second-order valence-corrected chi connectivity index (χ2v) is 18.8. The van der Waals surface area contributed by atoms with Crippen molar-refractivity contribution < 1.29 is 0 Å². The summed E-state index contributed by atoms with van der Waals surface area (Å²) in [5, 5.41) is 2.69. The van der Waals surface area contributed by atoms with Gasteiger partial charge in [-0.2, -0.15) is 0 Å². The minimum absolute atomic E-state index is 0.0413. The first-order valence-electron chi connectivity index (χ1n) is 21.8. The molecule has 7 aromatic carbocycles. The van der Waals surface area contributed by atoms with E-state index in [1.54, 1.807) is 5.56 Å². The topological polar surface area (TPSA) is 38.7 Å². The predicted molar refractivity (Wildman–Crippen MR) is 240 cm³/mol. The van der Waals surface area contributed by atoms with E-state index < -0.39 is 0 Å². The van der Waals surface area contributed by atoms with Crippen LogP contribution in [0.4, 0.5) is 0 Å². The number of nitrogens with zero attached hydrogens (tertiary/aromatic N) is 3. The van der Waals surface area contributed by atoms with E-state index in [1.165, 1.54) is 92.9 Å². The fourth-order valence-corrected chi connectivity index (χ4v) is 13.3. The minimum atomic E-state index is -0.0885. The fraction of sp³-hybridized carbons (Fsp3) is 0.232. The third-order valence-electron chi connectivity index (χ3n) is 15.5. The number of hydrogen-bond acceptors (Lipinski definition) is 3. The Hall–Kier alpha value is -6.19. The first-order chi connectivity index (χ1) is 28.9. The maximum absolute atomic E-state index is 5.33. The smallest absolute Gasteiger partial charge is 0.164 e. The van der Waals surface area contributed by atoms with Crippen molar-refractivity contribution >= 4 is 10.8 Å². The second-order valence-electron chi connectivity index (χ2n) is 18.8. The van der Waals surface area contributed by atoms with Crippen molar-refractivity contribution in [1.29, 1.82) is 0 Å². The molecule has 6 aliphatic rings. The van der Waals surface area contributed by atoms with Gasteiger partial charge in [0, 0.05) is 27.5 Å². The third kappa shape index (κ3) is 4.73. The highest BCUT2D eigenvalue weighted by Crippen LogP contribution is 2.69. The molecule has 1 heterocycles. The molecule has 6 aliphatic carbocycles. The van der Waals surface area contributed by atoms with Crippen LogP contribution < -0.4 is 0 Å². The Morgan fingerprint density at radius 2 is 0.915 bits per heavy atom. The molecule has 3 nitrogen and oxygen atoms in total. The van der Waals surface area contributed by atoms with Gasteiger partial charge in [0.2, 0.25) is 0 Å². The van der Waals surface area contributed by atoms with Gasteiger partial charge in [0.1, 0.15) is 0 Å². The van der Waals surface area contributed by atoms with Gasteiger partial charge in [0.15, 0.2) is 17.5 Å². The molecule has 0 amide bonds. The molecule has 59 heavy (non-hydrogen) atoms. The molecule has 3 heteroatoms. The van der Waals surface area contributed by atoms with Crippen molar-refractivity contribution in [2.75, 3.05) is 0 Å². The first-order valence-corrected chi connectivity index (χ1v) is 21.8. The number of hydrogen-bond donors (Lipinski definition) is 0. The number of benzene rings is 7. The van der Waals surface area contributed by atoms with Gasteiger partial charge in [-0.15, -0.1) is 0 Å². The zero-order chi connectivity index (χ0) is 39.0. The maximum Gasteiger partial charge on any atom is 0.164 e. The van der Waals surface area contributed by atoms with Gasteiger partial charge in [-0.25, -0.2) is 15.0 Å². The molecule has 4 bridgehead atoms. The highest BCUT2D eigenvalue weighted by atomic mass is 15.0. The van der Waals surface area contributed by atoms with E-state index in [2.05, 4.69) is 166 Å². The van der Waals surface area contributed by atoms with Gasteiger partial charge in [0.05, 0.1) is 0 Å². The SMILES string of the molecule is CC1(C)c2ccccc2-c2cccc(-c3ccc(-c4nc(-c5ccccc5)nc(-c5ccc6c(c5)C5(c7cc8ccccc8cc7-6)C6CC7CC(C6)CC5C7)n4)cc3)c21. The summed E-state index contributed by atoms with van der Waals surface area (Å²) in [6.45, 7) is 4.72. The number of fused-ring (bicyclic) bond motifs is 7. The van der Waals surface area contributed by atoms with Gasteiger partial charge >= 0.3 is 0 Å². The highest BCUT2D eigenvalue weighted by Gasteiger charge is 2.61. The molecule has 14 rings (SSSR count). The Morgan fingerprint density at radius 1 is 0.390 bits per heavy atom. The highest BCUT2D eigenvalue weighted by molar-refractivity contribution is 5.95. The lowest BCUT2D eigenvalue weighted by Gasteiger charge is -2.61. The van der Waals surface area contributed by atoms with Crippen LogP contribution in [0.15, 0.2) is 152 Å². The summed E-state index contributed by atoms with van der Waals surface area (Å²) in [7, 11) is 0. The zero-order valence-electron chi connectivity index (χ0n) is 33.6. The van der Waals surface area contributed by atoms with Gasteiger partial charge in [-0.3, -0.25) is 0 Å². The van der Waals surface area contributed by atoms with E-state index in [-0.39, 0.29) is 10.8 Å². The van der Waals surface area contributed by atoms with Crippen LogP contribution in [0.1, 0.15) is 68.2 Å². The lowest BCUT2D eigenvalue weighted by molar-refractivity contribution is -0.0398. The minimum Gasteiger partial charge on any atom is -0.208 e. The van der Waals surface area contributed by atoms with Gasteiger partial charge < -0.3 is 0 Å². The molecular weight excluding hydrogens is 715 g/mol. The molecule has 0 saturated heterocycles. The molecule has 284 valence electrons. The van der Waals surface area contributed by atoms with E-state index in [4.69, 9.17) is 15.0 Å². The summed E-state index contributed by atoms with van der Waals surface area (Å²) in [5.41, 5.74) is 16.9. The van der Waals surface area contributed by atoms with Crippen LogP contribution in [0.3, 0.4) is 0 Å². The number of rotatable bonds is 4. The second kappa shape index (κ2) is 12.2. The van der Waals surface area contributed by atoms with E-state index in [0.29, 0.717) is 23.5 Å². The Morgan fingerprint density at radius 3 is 1.64 bits per heavy atom. The Labute approximate surface area is 346 Å². The summed E-state index contributed by atoms with van der Waals surface area (Å²) >= 11 is 0. The summed E-state index contributed by atoms with van der Waals surface area (Å²) in [6.07, 6.45) is 6.84. The van der Waals surface area contributed by atoms with Gasteiger partial charge in [-0.05, 0) is 140 Å². The van der Waals surface area contributed by atoms with Crippen molar-refractivity contribution in [1.82, 2.24) is 15.0 Å². The lowest BCUT2D eigenvalue weighted by Crippen LogP contribution is -2.55. The molecule has 0 N–H and O–H groups in total. The molecule has 4 saturated carbocycles. The Balaban J connectivity index is 0.950. The van der Waals surface area contributed by atoms with Gasteiger partial charge in [-0.1, -0.05) is 147 Å². The van der Waals surface area contributed by atoms with Crippen molar-refractivity contribution in [3.8, 4) is 67.5 Å². The monoisotopic (exact) mass is 759 g/mol. The molecule has 1 spiro atoms. The molecule has 0 radical (unpaired) electrons. The summed E-state index contributed by atoms with van der Waals surface area (Å²) in [6, 6.07) is 56.2. The molecule has 0 unspecified atom stereocenters. The van der Waals surface area contributed by atoms with E-state index in [1.807, 2.05) is 0 Å². The van der Waals surface area contributed by atoms with Crippen LogP contribution in [-0.2, 0) is 10.8 Å². The number of aromatic nitrogens is 3. The van der Waals surface area contributed by atoms with E-state index >= 15 is 0 Å². The average molecular weight is 760 g/mol. The van der Waals surface area contributed by atoms with Crippen LogP contribution in [0, 0.1) is 23.7 Å². The quantitative estimate of drug-likeness (QED) is 0.179. The largest absolute Gasteiger partial charge is 0.208 e. The van der Waals surface area contributed by atoms with Gasteiger partial charge in [0.25, 0.3) is 0 Å².